The molecule has 1 rings (SSSR count). The zero-order valence-corrected chi connectivity index (χ0v) is 14.5. The molecule has 1 saturated carbocycles. The molecule has 0 radical (unpaired) electrons. The highest BCUT2D eigenvalue weighted by Gasteiger charge is 2.34. The summed E-state index contributed by atoms with van der Waals surface area (Å²) in [7, 11) is 1.70. The van der Waals surface area contributed by atoms with E-state index in [9.17, 15) is 0 Å². The fraction of sp³-hybridized carbons (Fsp3) is 1.00. The van der Waals surface area contributed by atoms with E-state index >= 15 is 0 Å². The fourth-order valence-corrected chi connectivity index (χ4v) is 2.90. The van der Waals surface area contributed by atoms with Crippen LogP contribution in [0.4, 0.5) is 0 Å². The number of ether oxygens (including phenoxy) is 3. The summed E-state index contributed by atoms with van der Waals surface area (Å²) in [5.41, 5.74) is 0.407. The highest BCUT2D eigenvalue weighted by Crippen LogP contribution is 2.36. The Morgan fingerprint density at radius 2 is 1.95 bits per heavy atom. The first-order valence-corrected chi connectivity index (χ1v) is 8.50. The van der Waals surface area contributed by atoms with Crippen molar-refractivity contribution < 1.29 is 14.2 Å². The van der Waals surface area contributed by atoms with E-state index in [1.807, 2.05) is 0 Å². The van der Waals surface area contributed by atoms with Gasteiger partial charge in [-0.15, -0.1) is 0 Å². The van der Waals surface area contributed by atoms with Gasteiger partial charge < -0.3 is 19.5 Å². The molecule has 1 aliphatic rings. The van der Waals surface area contributed by atoms with E-state index in [4.69, 9.17) is 14.2 Å². The number of methoxy groups -OCH3 is 1. The first-order valence-electron chi connectivity index (χ1n) is 8.50. The van der Waals surface area contributed by atoms with Crippen LogP contribution in [0.1, 0.15) is 52.9 Å². The van der Waals surface area contributed by atoms with E-state index in [2.05, 4.69) is 26.1 Å². The summed E-state index contributed by atoms with van der Waals surface area (Å²) in [6, 6.07) is 0.521. The van der Waals surface area contributed by atoms with Gasteiger partial charge in [-0.25, -0.2) is 0 Å². The van der Waals surface area contributed by atoms with Crippen molar-refractivity contribution in [2.45, 2.75) is 65.0 Å². The van der Waals surface area contributed by atoms with Crippen molar-refractivity contribution in [3.63, 3.8) is 0 Å². The molecule has 0 spiro atoms. The van der Waals surface area contributed by atoms with Gasteiger partial charge in [0.1, 0.15) is 0 Å². The molecule has 0 heterocycles. The van der Waals surface area contributed by atoms with Crippen LogP contribution in [0.15, 0.2) is 0 Å². The summed E-state index contributed by atoms with van der Waals surface area (Å²) in [5.74, 6) is 0. The van der Waals surface area contributed by atoms with Crippen molar-refractivity contribution in [3.8, 4) is 0 Å². The maximum atomic E-state index is 6.16. The molecule has 2 atom stereocenters. The monoisotopic (exact) mass is 301 g/mol. The Kier molecular flexibility index (Phi) is 9.49. The van der Waals surface area contributed by atoms with Crippen molar-refractivity contribution in [1.82, 2.24) is 5.32 Å². The Bertz CT molecular complexity index is 258. The smallest absolute Gasteiger partial charge is 0.0733 e. The summed E-state index contributed by atoms with van der Waals surface area (Å²) in [6.45, 7) is 10.9. The minimum absolute atomic E-state index is 0.347. The third-order valence-corrected chi connectivity index (χ3v) is 4.19. The topological polar surface area (TPSA) is 39.7 Å². The maximum absolute atomic E-state index is 6.16. The maximum Gasteiger partial charge on any atom is 0.0733 e. The Balaban J connectivity index is 2.23. The molecule has 4 heteroatoms. The van der Waals surface area contributed by atoms with Crippen molar-refractivity contribution in [3.05, 3.63) is 0 Å². The largest absolute Gasteiger partial charge is 0.382 e. The van der Waals surface area contributed by atoms with Gasteiger partial charge in [0.05, 0.1) is 19.3 Å². The lowest BCUT2D eigenvalue weighted by Gasteiger charge is -2.41. The van der Waals surface area contributed by atoms with Crippen molar-refractivity contribution in [2.75, 3.05) is 40.1 Å². The second-order valence-corrected chi connectivity index (χ2v) is 6.84. The standard InChI is InChI=1S/C17H35NO3/c1-5-9-18-15-7-8-17(2,3)14-16(15)21-11-6-10-20-13-12-19-4/h15-16,18H,5-14H2,1-4H3. The van der Waals surface area contributed by atoms with E-state index in [1.165, 1.54) is 19.3 Å². The molecule has 0 aromatic heterocycles. The van der Waals surface area contributed by atoms with Crippen molar-refractivity contribution in [1.29, 1.82) is 0 Å². The highest BCUT2D eigenvalue weighted by atomic mass is 16.5. The molecule has 0 bridgehead atoms. The van der Waals surface area contributed by atoms with Gasteiger partial charge in [0, 0.05) is 26.4 Å². The Labute approximate surface area is 130 Å². The van der Waals surface area contributed by atoms with Gasteiger partial charge in [0.25, 0.3) is 0 Å². The average Bonchev–Trinajstić information content (AvgIpc) is 2.45. The molecule has 0 aromatic rings. The van der Waals surface area contributed by atoms with E-state index < -0.39 is 0 Å². The van der Waals surface area contributed by atoms with Gasteiger partial charge in [0.15, 0.2) is 0 Å². The van der Waals surface area contributed by atoms with Gasteiger partial charge >= 0.3 is 0 Å². The van der Waals surface area contributed by atoms with Gasteiger partial charge in [0.2, 0.25) is 0 Å². The average molecular weight is 301 g/mol. The first kappa shape index (κ1) is 18.9. The SMILES string of the molecule is CCCNC1CCC(C)(C)CC1OCCCOCCOC. The third-order valence-electron chi connectivity index (χ3n) is 4.19. The molecular weight excluding hydrogens is 266 g/mol. The molecule has 1 N–H and O–H groups in total. The van der Waals surface area contributed by atoms with Crippen molar-refractivity contribution >= 4 is 0 Å². The summed E-state index contributed by atoms with van der Waals surface area (Å²) >= 11 is 0. The Hall–Kier alpha value is -0.160. The zero-order valence-electron chi connectivity index (χ0n) is 14.5. The summed E-state index contributed by atoms with van der Waals surface area (Å²) in [4.78, 5) is 0. The van der Waals surface area contributed by atoms with Gasteiger partial charge in [-0.1, -0.05) is 20.8 Å². The van der Waals surface area contributed by atoms with E-state index in [0.717, 1.165) is 32.6 Å². The van der Waals surface area contributed by atoms with Crippen LogP contribution in [0.25, 0.3) is 0 Å². The molecular formula is C17H35NO3. The molecule has 0 aromatic carbocycles. The molecule has 1 aliphatic carbocycles. The normalized spacial score (nSPS) is 25.1. The van der Waals surface area contributed by atoms with Gasteiger partial charge in [-0.05, 0) is 44.1 Å². The Morgan fingerprint density at radius 3 is 2.67 bits per heavy atom. The van der Waals surface area contributed by atoms with Gasteiger partial charge in [-0.3, -0.25) is 0 Å². The van der Waals surface area contributed by atoms with Crippen LogP contribution >= 0.6 is 0 Å². The second-order valence-electron chi connectivity index (χ2n) is 6.84. The molecule has 4 nitrogen and oxygen atoms in total. The lowest BCUT2D eigenvalue weighted by Crippen LogP contribution is -2.48. The minimum Gasteiger partial charge on any atom is -0.382 e. The lowest BCUT2D eigenvalue weighted by molar-refractivity contribution is -0.0361. The van der Waals surface area contributed by atoms with Crippen LogP contribution in [-0.2, 0) is 14.2 Å². The fourth-order valence-electron chi connectivity index (χ4n) is 2.90. The highest BCUT2D eigenvalue weighted by molar-refractivity contribution is 4.89. The number of rotatable bonds is 11. The van der Waals surface area contributed by atoms with Crippen LogP contribution in [0.5, 0.6) is 0 Å². The predicted molar refractivity (Wildman–Crippen MR) is 86.8 cm³/mol. The third kappa shape index (κ3) is 8.15. The zero-order chi connectivity index (χ0) is 15.6. The van der Waals surface area contributed by atoms with Crippen LogP contribution in [0.3, 0.4) is 0 Å². The lowest BCUT2D eigenvalue weighted by atomic mass is 9.74. The summed E-state index contributed by atoms with van der Waals surface area (Å²) in [5, 5.41) is 3.66. The molecule has 0 amide bonds. The molecule has 0 aliphatic heterocycles. The molecule has 126 valence electrons. The van der Waals surface area contributed by atoms with E-state index in [1.54, 1.807) is 7.11 Å². The first-order chi connectivity index (χ1) is 10.1. The summed E-state index contributed by atoms with van der Waals surface area (Å²) < 4.78 is 16.6. The number of hydrogen-bond donors (Lipinski definition) is 1. The number of nitrogens with one attached hydrogen (secondary N) is 1. The molecule has 21 heavy (non-hydrogen) atoms. The van der Waals surface area contributed by atoms with Crippen LogP contribution in [0, 0.1) is 5.41 Å². The van der Waals surface area contributed by atoms with Crippen LogP contribution in [-0.4, -0.2) is 52.2 Å². The summed E-state index contributed by atoms with van der Waals surface area (Å²) in [6.07, 6.45) is 6.15. The van der Waals surface area contributed by atoms with Crippen LogP contribution in [0.2, 0.25) is 0 Å². The molecule has 0 saturated heterocycles. The van der Waals surface area contributed by atoms with Crippen molar-refractivity contribution in [2.24, 2.45) is 5.41 Å². The molecule has 2 unspecified atom stereocenters. The second kappa shape index (κ2) is 10.5. The molecule has 1 fully saturated rings. The van der Waals surface area contributed by atoms with Gasteiger partial charge in [-0.2, -0.15) is 0 Å². The Morgan fingerprint density at radius 1 is 1.14 bits per heavy atom. The van der Waals surface area contributed by atoms with E-state index in [0.29, 0.717) is 30.8 Å². The predicted octanol–water partition coefficient (Wildman–Crippen LogP) is 3.00. The quantitative estimate of drug-likeness (QED) is 0.596. The number of hydrogen-bond acceptors (Lipinski definition) is 4. The minimum atomic E-state index is 0.347. The van der Waals surface area contributed by atoms with E-state index in [-0.39, 0.29) is 0 Å². The van der Waals surface area contributed by atoms with Crippen LogP contribution < -0.4 is 5.32 Å².